The van der Waals surface area contributed by atoms with Crippen LogP contribution in [0.25, 0.3) is 0 Å². The topological polar surface area (TPSA) is 66.8 Å². The molecule has 0 aromatic heterocycles. The number of fused-ring (bicyclic) bond motifs is 1. The van der Waals surface area contributed by atoms with E-state index in [0.29, 0.717) is 6.07 Å². The Balaban J connectivity index is 1.90. The molecule has 1 aromatic rings. The van der Waals surface area contributed by atoms with Gasteiger partial charge in [0, 0.05) is 19.0 Å². The van der Waals surface area contributed by atoms with Crippen LogP contribution in [0.2, 0.25) is 5.02 Å². The summed E-state index contributed by atoms with van der Waals surface area (Å²) in [6.07, 6.45) is -4.60. The number of aliphatic carboxylic acids is 1. The van der Waals surface area contributed by atoms with Crippen molar-refractivity contribution in [3.8, 4) is 0 Å². The number of carbonyl (C=O) groups excluding carboxylic acids is 1. The molecular formula is C15H13ClF3NO4. The minimum Gasteiger partial charge on any atom is -0.481 e. The van der Waals surface area contributed by atoms with Crippen LogP contribution in [0.3, 0.4) is 0 Å². The van der Waals surface area contributed by atoms with Crippen LogP contribution in [0.4, 0.5) is 13.2 Å². The van der Waals surface area contributed by atoms with Gasteiger partial charge >= 0.3 is 12.1 Å². The second-order valence-electron chi connectivity index (χ2n) is 6.05. The van der Waals surface area contributed by atoms with Crippen LogP contribution in [-0.2, 0) is 15.7 Å². The number of ether oxygens (including phenoxy) is 1. The lowest BCUT2D eigenvalue weighted by Crippen LogP contribution is -2.40. The number of carboxylic acids is 1. The highest BCUT2D eigenvalue weighted by Crippen LogP contribution is 2.42. The number of benzene rings is 1. The molecule has 0 unspecified atom stereocenters. The van der Waals surface area contributed by atoms with Gasteiger partial charge in [0.2, 0.25) is 0 Å². The lowest BCUT2D eigenvalue weighted by Gasteiger charge is -2.22. The molecule has 0 saturated carbocycles. The number of alkyl halides is 3. The molecule has 2 saturated heterocycles. The Labute approximate surface area is 139 Å². The van der Waals surface area contributed by atoms with Crippen molar-refractivity contribution in [3.63, 3.8) is 0 Å². The smallest absolute Gasteiger partial charge is 0.416 e. The quantitative estimate of drug-likeness (QED) is 0.877. The molecule has 5 nitrogen and oxygen atoms in total. The maximum Gasteiger partial charge on any atom is 0.416 e. The largest absolute Gasteiger partial charge is 0.481 e. The summed E-state index contributed by atoms with van der Waals surface area (Å²) in [5.74, 6) is -2.17. The first-order valence-electron chi connectivity index (χ1n) is 7.12. The molecule has 2 aliphatic rings. The molecule has 0 bridgehead atoms. The zero-order valence-corrected chi connectivity index (χ0v) is 13.0. The molecule has 1 amide bonds. The van der Waals surface area contributed by atoms with Crippen molar-refractivity contribution in [2.45, 2.75) is 6.18 Å². The molecular weight excluding hydrogens is 351 g/mol. The minimum atomic E-state index is -4.60. The van der Waals surface area contributed by atoms with Crippen molar-refractivity contribution in [3.05, 3.63) is 34.3 Å². The summed E-state index contributed by atoms with van der Waals surface area (Å²) in [6.45, 7) is 0.176. The maximum atomic E-state index is 12.8. The van der Waals surface area contributed by atoms with E-state index < -0.39 is 29.0 Å². The van der Waals surface area contributed by atoms with Gasteiger partial charge in [-0.25, -0.2) is 0 Å². The Morgan fingerprint density at radius 3 is 2.67 bits per heavy atom. The van der Waals surface area contributed by atoms with Gasteiger partial charge in [-0.2, -0.15) is 13.2 Å². The predicted molar refractivity (Wildman–Crippen MR) is 76.7 cm³/mol. The molecule has 2 heterocycles. The predicted octanol–water partition coefficient (Wildman–Crippen LogP) is 2.53. The molecule has 2 fully saturated rings. The van der Waals surface area contributed by atoms with Crippen LogP contribution in [0.1, 0.15) is 15.9 Å². The fourth-order valence-corrected chi connectivity index (χ4v) is 3.43. The fraction of sp³-hybridized carbons (Fsp3) is 0.467. The van der Waals surface area contributed by atoms with E-state index in [4.69, 9.17) is 16.3 Å². The zero-order valence-electron chi connectivity index (χ0n) is 12.3. The van der Waals surface area contributed by atoms with Crippen molar-refractivity contribution in [1.82, 2.24) is 4.90 Å². The fourth-order valence-electron chi connectivity index (χ4n) is 3.23. The average molecular weight is 364 g/mol. The van der Waals surface area contributed by atoms with Crippen LogP contribution in [0.5, 0.6) is 0 Å². The molecule has 130 valence electrons. The Morgan fingerprint density at radius 2 is 2.08 bits per heavy atom. The molecule has 0 aliphatic carbocycles. The van der Waals surface area contributed by atoms with E-state index in [9.17, 15) is 27.9 Å². The Bertz CT molecular complexity index is 708. The van der Waals surface area contributed by atoms with Gasteiger partial charge in [0.25, 0.3) is 5.91 Å². The molecule has 2 aliphatic heterocycles. The van der Waals surface area contributed by atoms with Crippen LogP contribution in [0.15, 0.2) is 18.2 Å². The van der Waals surface area contributed by atoms with E-state index in [0.717, 1.165) is 12.1 Å². The molecule has 1 aromatic carbocycles. The van der Waals surface area contributed by atoms with Gasteiger partial charge in [-0.05, 0) is 18.2 Å². The summed E-state index contributed by atoms with van der Waals surface area (Å²) in [7, 11) is 0. The monoisotopic (exact) mass is 363 g/mol. The number of amides is 1. The van der Waals surface area contributed by atoms with Gasteiger partial charge in [0.15, 0.2) is 0 Å². The number of halogens is 4. The van der Waals surface area contributed by atoms with Crippen molar-refractivity contribution in [2.24, 2.45) is 11.3 Å². The highest BCUT2D eigenvalue weighted by atomic mass is 35.5. The average Bonchev–Trinajstić information content (AvgIpc) is 3.03. The second-order valence-corrected chi connectivity index (χ2v) is 6.46. The van der Waals surface area contributed by atoms with E-state index in [1.54, 1.807) is 0 Å². The van der Waals surface area contributed by atoms with E-state index in [2.05, 4.69) is 0 Å². The van der Waals surface area contributed by atoms with E-state index >= 15 is 0 Å². The molecule has 1 N–H and O–H groups in total. The summed E-state index contributed by atoms with van der Waals surface area (Å²) in [4.78, 5) is 25.4. The van der Waals surface area contributed by atoms with Gasteiger partial charge in [-0.1, -0.05) is 11.6 Å². The van der Waals surface area contributed by atoms with Crippen LogP contribution in [0, 0.1) is 11.3 Å². The van der Waals surface area contributed by atoms with Crippen LogP contribution in [-0.4, -0.2) is 48.2 Å². The minimum absolute atomic E-state index is 0.0207. The molecule has 0 spiro atoms. The Kier molecular flexibility index (Phi) is 4.00. The summed E-state index contributed by atoms with van der Waals surface area (Å²) in [6, 6.07) is 2.51. The Morgan fingerprint density at radius 1 is 1.38 bits per heavy atom. The first-order chi connectivity index (χ1) is 11.1. The normalized spacial score (nSPS) is 26.5. The van der Waals surface area contributed by atoms with Crippen LogP contribution < -0.4 is 0 Å². The number of rotatable bonds is 2. The molecule has 2 atom stereocenters. The van der Waals surface area contributed by atoms with Crippen molar-refractivity contribution < 1.29 is 32.6 Å². The van der Waals surface area contributed by atoms with E-state index in [-0.39, 0.29) is 42.8 Å². The molecule has 0 radical (unpaired) electrons. The number of likely N-dealkylation sites (tertiary alicyclic amines) is 1. The molecule has 9 heteroatoms. The SMILES string of the molecule is O=C(c1cc(C(F)(F)F)ccc1Cl)N1C[C@@H]2COC[C@]2(C(=O)O)C1. The second kappa shape index (κ2) is 5.63. The summed E-state index contributed by atoms with van der Waals surface area (Å²) in [5.41, 5.74) is -2.47. The van der Waals surface area contributed by atoms with Crippen LogP contribution >= 0.6 is 11.6 Å². The number of hydrogen-bond donors (Lipinski definition) is 1. The number of nitrogens with zero attached hydrogens (tertiary/aromatic N) is 1. The van der Waals surface area contributed by atoms with Crippen molar-refractivity contribution in [2.75, 3.05) is 26.3 Å². The first-order valence-corrected chi connectivity index (χ1v) is 7.50. The van der Waals surface area contributed by atoms with E-state index in [1.807, 2.05) is 0 Å². The molecule has 24 heavy (non-hydrogen) atoms. The number of hydrogen-bond acceptors (Lipinski definition) is 3. The third kappa shape index (κ3) is 2.63. The van der Waals surface area contributed by atoms with Gasteiger partial charge in [-0.15, -0.1) is 0 Å². The summed E-state index contributed by atoms with van der Waals surface area (Å²) < 4.78 is 43.7. The van der Waals surface area contributed by atoms with E-state index in [1.165, 1.54) is 4.90 Å². The highest BCUT2D eigenvalue weighted by molar-refractivity contribution is 6.33. The first kappa shape index (κ1) is 17.0. The lowest BCUT2D eigenvalue weighted by atomic mass is 9.81. The van der Waals surface area contributed by atoms with Gasteiger partial charge < -0.3 is 14.7 Å². The maximum absolute atomic E-state index is 12.8. The van der Waals surface area contributed by atoms with Crippen molar-refractivity contribution >= 4 is 23.5 Å². The molecule has 3 rings (SSSR count). The summed E-state index contributed by atoms with van der Waals surface area (Å²) in [5, 5.41) is 9.35. The van der Waals surface area contributed by atoms with Gasteiger partial charge in [0.05, 0.1) is 29.4 Å². The van der Waals surface area contributed by atoms with Gasteiger partial charge in [0.1, 0.15) is 5.41 Å². The Hall–Kier alpha value is -1.80. The third-order valence-electron chi connectivity index (χ3n) is 4.61. The number of carboxylic acid groups (broad SMARTS) is 1. The third-order valence-corrected chi connectivity index (χ3v) is 4.94. The highest BCUT2D eigenvalue weighted by Gasteiger charge is 2.57. The number of carbonyl (C=O) groups is 2. The standard InChI is InChI=1S/C15H13ClF3NO4/c16-11-2-1-8(15(17,18)19)3-10(11)12(21)20-4-9-5-24-7-14(9,6-20)13(22)23/h1-3,9H,4-7H2,(H,22,23)/t9-,14-/m1/s1. The van der Waals surface area contributed by atoms with Gasteiger partial charge in [-0.3, -0.25) is 9.59 Å². The zero-order chi connectivity index (χ0) is 17.7. The summed E-state index contributed by atoms with van der Waals surface area (Å²) >= 11 is 5.88. The lowest BCUT2D eigenvalue weighted by molar-refractivity contribution is -0.149. The van der Waals surface area contributed by atoms with Crippen molar-refractivity contribution in [1.29, 1.82) is 0 Å².